The van der Waals surface area contributed by atoms with E-state index < -0.39 is 114 Å². The molecule has 1 aromatic rings. The highest BCUT2D eigenvalue weighted by molar-refractivity contribution is 5.99. The summed E-state index contributed by atoms with van der Waals surface area (Å²) in [5, 5.41) is 28.9. The molecule has 1 unspecified atom stereocenters. The van der Waals surface area contributed by atoms with E-state index in [0.717, 1.165) is 0 Å². The van der Waals surface area contributed by atoms with Crippen LogP contribution in [0.15, 0.2) is 40.3 Å². The molecular formula is C45H72N16O11. The minimum absolute atomic E-state index is 0.0261. The molecule has 0 spiro atoms. The van der Waals surface area contributed by atoms with Gasteiger partial charge in [0.2, 0.25) is 59.1 Å². The van der Waals surface area contributed by atoms with E-state index in [1.54, 1.807) is 44.2 Å². The zero-order valence-corrected chi connectivity index (χ0v) is 40.9. The molecule has 9 atom stereocenters. The number of rotatable bonds is 29. The number of aliphatic hydroxyl groups excluding tert-OH is 1. The maximum absolute atomic E-state index is 14.5. The van der Waals surface area contributed by atoms with Crippen LogP contribution >= 0.6 is 0 Å². The van der Waals surface area contributed by atoms with E-state index in [-0.39, 0.29) is 101 Å². The Balaban J connectivity index is 1.86. The number of primary amides is 2. The molecule has 72 heavy (non-hydrogen) atoms. The topological polar surface area (TPSA) is 459 Å². The minimum atomic E-state index is -1.70. The van der Waals surface area contributed by atoms with Gasteiger partial charge in [-0.15, -0.1) is 0 Å². The Labute approximate surface area is 417 Å². The van der Waals surface area contributed by atoms with Crippen LogP contribution in [0.2, 0.25) is 0 Å². The third-order valence-corrected chi connectivity index (χ3v) is 11.7. The van der Waals surface area contributed by atoms with Gasteiger partial charge in [0.1, 0.15) is 48.3 Å². The Morgan fingerprint density at radius 2 is 1.25 bits per heavy atom. The molecule has 10 amide bonds. The first kappa shape index (κ1) is 58.7. The van der Waals surface area contributed by atoms with Crippen LogP contribution in [0, 0.1) is 5.92 Å². The van der Waals surface area contributed by atoms with Crippen LogP contribution in [-0.2, 0) is 54.4 Å². The van der Waals surface area contributed by atoms with Crippen LogP contribution in [0.4, 0.5) is 0 Å². The van der Waals surface area contributed by atoms with Crippen LogP contribution in [0.3, 0.4) is 0 Å². The lowest BCUT2D eigenvalue weighted by Crippen LogP contribution is -2.62. The van der Waals surface area contributed by atoms with Gasteiger partial charge in [-0.3, -0.25) is 57.9 Å². The molecule has 27 nitrogen and oxygen atoms in total. The van der Waals surface area contributed by atoms with Crippen molar-refractivity contribution in [2.75, 3.05) is 19.6 Å². The molecule has 0 aromatic heterocycles. The lowest BCUT2D eigenvalue weighted by Gasteiger charge is -2.31. The standard InChI is InChI=1S/C45H72N16O11/c1-23(2)20-30(58-39(68)31(21-25-10-5-4-6-11-25)59-38(67)27-15-16-34(64)54-27)40(69)60-35(24(3)62)42(71)56-28(13-8-18-53-45(50)51)43(72)61-19-9-14-32(61)41(70)55-26(12-7-17-52-44(48)49)37(66)57-29(36(47)65)22-33(46)63/h4-6,10-11,23-24,26-32,35,62H,7-9,12-22H2,1-3H3,(H2,46,63)(H2,47,65)(H,54,64)(H,55,70)(H,56,71)(H,57,66)(H,58,68)(H,59,67)(H,60,69)(H4,48,49,52)(H4,50,51,53)/t24-,26+,27+,28+,29+,30+,31+,32+,35?/m1/s1. The first-order valence-corrected chi connectivity index (χ1v) is 23.8. The van der Waals surface area contributed by atoms with Gasteiger partial charge in [-0.05, 0) is 69.8 Å². The number of hydrogen-bond acceptors (Lipinski definition) is 13. The summed E-state index contributed by atoms with van der Waals surface area (Å²) in [5.41, 5.74) is 33.1. The number of amides is 10. The Bertz CT molecular complexity index is 2150. The summed E-state index contributed by atoms with van der Waals surface area (Å²) < 4.78 is 0. The van der Waals surface area contributed by atoms with Crippen molar-refractivity contribution >= 4 is 71.0 Å². The number of hydrogen-bond donors (Lipinski definition) is 14. The number of benzene rings is 1. The van der Waals surface area contributed by atoms with Gasteiger partial charge < -0.3 is 81.6 Å². The van der Waals surface area contributed by atoms with Crippen molar-refractivity contribution in [1.29, 1.82) is 0 Å². The molecule has 2 aliphatic rings. The van der Waals surface area contributed by atoms with Crippen LogP contribution in [0.5, 0.6) is 0 Å². The summed E-state index contributed by atoms with van der Waals surface area (Å²) in [4.78, 5) is 142. The van der Waals surface area contributed by atoms with Crippen LogP contribution in [-0.4, -0.2) is 155 Å². The number of nitrogens with one attached hydrogen (secondary N) is 7. The smallest absolute Gasteiger partial charge is 0.245 e. The molecule has 0 radical (unpaired) electrons. The molecule has 3 rings (SSSR count). The largest absolute Gasteiger partial charge is 0.391 e. The van der Waals surface area contributed by atoms with Crippen LogP contribution in [0.25, 0.3) is 0 Å². The molecule has 1 aromatic carbocycles. The van der Waals surface area contributed by atoms with E-state index >= 15 is 0 Å². The van der Waals surface area contributed by atoms with Gasteiger partial charge in [-0.25, -0.2) is 0 Å². The number of nitrogens with zero attached hydrogens (tertiary/aromatic N) is 3. The monoisotopic (exact) mass is 1010 g/mol. The molecule has 2 aliphatic heterocycles. The van der Waals surface area contributed by atoms with E-state index in [4.69, 9.17) is 34.4 Å². The van der Waals surface area contributed by atoms with Gasteiger partial charge >= 0.3 is 0 Å². The highest BCUT2D eigenvalue weighted by atomic mass is 16.3. The molecule has 27 heteroatoms. The molecule has 0 aliphatic carbocycles. The number of aliphatic hydroxyl groups is 1. The summed E-state index contributed by atoms with van der Waals surface area (Å²) in [6, 6.07) is -1.67. The van der Waals surface area contributed by atoms with Gasteiger partial charge in [-0.1, -0.05) is 44.2 Å². The van der Waals surface area contributed by atoms with E-state index in [2.05, 4.69) is 47.2 Å². The van der Waals surface area contributed by atoms with E-state index in [0.29, 0.717) is 12.0 Å². The summed E-state index contributed by atoms with van der Waals surface area (Å²) in [6.45, 7) is 4.92. The summed E-state index contributed by atoms with van der Waals surface area (Å²) >= 11 is 0. The molecule has 2 saturated heterocycles. The fourth-order valence-electron chi connectivity index (χ4n) is 8.04. The average Bonchev–Trinajstić information content (AvgIpc) is 3.98. The minimum Gasteiger partial charge on any atom is -0.391 e. The second-order valence-electron chi connectivity index (χ2n) is 18.2. The van der Waals surface area contributed by atoms with Gasteiger partial charge in [0.15, 0.2) is 11.9 Å². The van der Waals surface area contributed by atoms with Crippen LogP contribution in [0.1, 0.15) is 90.5 Å². The van der Waals surface area contributed by atoms with Crippen molar-refractivity contribution in [3.63, 3.8) is 0 Å². The van der Waals surface area contributed by atoms with Gasteiger partial charge in [0, 0.05) is 32.5 Å². The van der Waals surface area contributed by atoms with E-state index in [1.165, 1.54) is 11.8 Å². The average molecular weight is 1010 g/mol. The molecule has 20 N–H and O–H groups in total. The van der Waals surface area contributed by atoms with Crippen molar-refractivity contribution in [3.05, 3.63) is 35.9 Å². The second-order valence-corrected chi connectivity index (χ2v) is 18.2. The third-order valence-electron chi connectivity index (χ3n) is 11.7. The molecule has 2 heterocycles. The maximum atomic E-state index is 14.5. The first-order chi connectivity index (χ1) is 34.0. The quantitative estimate of drug-likeness (QED) is 0.0202. The maximum Gasteiger partial charge on any atom is 0.245 e. The fraction of sp³-hybridized carbons (Fsp3) is 0.600. The predicted octanol–water partition coefficient (Wildman–Crippen LogP) is -5.70. The number of aliphatic imine (C=N–C) groups is 2. The van der Waals surface area contributed by atoms with Crippen molar-refractivity contribution < 1.29 is 53.1 Å². The van der Waals surface area contributed by atoms with Crippen molar-refractivity contribution in [2.45, 2.75) is 146 Å². The third kappa shape index (κ3) is 19.7. The number of carbonyl (C=O) groups excluding carboxylic acids is 10. The van der Waals surface area contributed by atoms with Crippen molar-refractivity contribution in [3.8, 4) is 0 Å². The first-order valence-electron chi connectivity index (χ1n) is 23.8. The molecule has 0 saturated carbocycles. The van der Waals surface area contributed by atoms with Gasteiger partial charge in [-0.2, -0.15) is 0 Å². The molecule has 0 bridgehead atoms. The van der Waals surface area contributed by atoms with E-state index in [1.807, 2.05) is 0 Å². The zero-order valence-electron chi connectivity index (χ0n) is 40.9. The Hall–Kier alpha value is -7.58. The Kier molecular flexibility index (Phi) is 23.6. The lowest BCUT2D eigenvalue weighted by molar-refractivity contribution is -0.143. The number of likely N-dealkylation sites (tertiary alicyclic amines) is 1. The summed E-state index contributed by atoms with van der Waals surface area (Å²) in [5.74, 6) is -8.55. The molecule has 2 fully saturated rings. The predicted molar refractivity (Wildman–Crippen MR) is 262 cm³/mol. The lowest BCUT2D eigenvalue weighted by atomic mass is 10.00. The van der Waals surface area contributed by atoms with Crippen molar-refractivity contribution in [1.82, 2.24) is 42.1 Å². The Morgan fingerprint density at radius 1 is 0.694 bits per heavy atom. The second kappa shape index (κ2) is 28.9. The fourth-order valence-corrected chi connectivity index (χ4v) is 8.04. The SMILES string of the molecule is CC(C)C[C@H](NC(=O)[C@H](Cc1ccccc1)NC(=O)[C@@H]1CCC(=O)N1)C(=O)NC(C(=O)N[C@@H](CCCN=C(N)N)C(=O)N1CCC[C@H]1C(=O)N[C@@H](CCCN=C(N)N)C(=O)N[C@@H](CC(N)=O)C(N)=O)[C@@H](C)O. The van der Waals surface area contributed by atoms with Crippen LogP contribution < -0.4 is 71.6 Å². The normalized spacial score (nSPS) is 18.1. The highest BCUT2D eigenvalue weighted by Crippen LogP contribution is 2.21. The number of nitrogens with two attached hydrogens (primary N) is 6. The highest BCUT2D eigenvalue weighted by Gasteiger charge is 2.41. The summed E-state index contributed by atoms with van der Waals surface area (Å²) in [7, 11) is 0. The van der Waals surface area contributed by atoms with Gasteiger partial charge in [0.25, 0.3) is 0 Å². The summed E-state index contributed by atoms with van der Waals surface area (Å²) in [6.07, 6.45) is -1.15. The molecular weight excluding hydrogens is 941 g/mol. The number of guanidine groups is 2. The van der Waals surface area contributed by atoms with Gasteiger partial charge in [0.05, 0.1) is 12.5 Å². The van der Waals surface area contributed by atoms with Crippen molar-refractivity contribution in [2.24, 2.45) is 50.3 Å². The number of carbonyl (C=O) groups is 10. The van der Waals surface area contributed by atoms with E-state index in [9.17, 15) is 53.1 Å². The zero-order chi connectivity index (χ0) is 53.7. The Morgan fingerprint density at radius 3 is 1.79 bits per heavy atom. The molecule has 398 valence electrons.